The van der Waals surface area contributed by atoms with Gasteiger partial charge in [-0.15, -0.1) is 0 Å². The molecule has 0 radical (unpaired) electrons. The molecule has 142 valence electrons. The van der Waals surface area contributed by atoms with Gasteiger partial charge in [0.05, 0.1) is 25.3 Å². The standard InChI is InChI=1S/C20H21ClN2O4/c1-3-27-16-7-5-15(6-8-16)23-12-14(11-19(23)24)22-20(25)17-10-13(21)4-9-18(17)26-2/h4-10,14H,3,11-12H2,1-2H3,(H,22,25)/t14-/m1/s1. The van der Waals surface area contributed by atoms with Crippen molar-refractivity contribution in [2.24, 2.45) is 0 Å². The molecule has 0 saturated carbocycles. The summed E-state index contributed by atoms with van der Waals surface area (Å²) in [6.45, 7) is 2.91. The maximum atomic E-state index is 12.6. The fraction of sp³-hybridized carbons (Fsp3) is 0.300. The molecule has 1 aliphatic rings. The zero-order valence-corrected chi connectivity index (χ0v) is 16.0. The summed E-state index contributed by atoms with van der Waals surface area (Å²) in [5.74, 6) is 0.832. The van der Waals surface area contributed by atoms with E-state index in [1.165, 1.54) is 7.11 Å². The number of methoxy groups -OCH3 is 1. The first-order valence-electron chi connectivity index (χ1n) is 8.69. The predicted octanol–water partition coefficient (Wildman–Crippen LogP) is 3.28. The molecule has 0 bridgehead atoms. The van der Waals surface area contributed by atoms with Crippen molar-refractivity contribution in [2.75, 3.05) is 25.2 Å². The van der Waals surface area contributed by atoms with E-state index in [1.807, 2.05) is 31.2 Å². The van der Waals surface area contributed by atoms with Gasteiger partial charge in [-0.2, -0.15) is 0 Å². The number of benzene rings is 2. The first kappa shape index (κ1) is 19.0. The lowest BCUT2D eigenvalue weighted by molar-refractivity contribution is -0.117. The van der Waals surface area contributed by atoms with E-state index in [1.54, 1.807) is 23.1 Å². The number of nitrogens with one attached hydrogen (secondary N) is 1. The maximum absolute atomic E-state index is 12.6. The van der Waals surface area contributed by atoms with Crippen molar-refractivity contribution >= 4 is 29.1 Å². The average molecular weight is 389 g/mol. The number of amides is 2. The number of rotatable bonds is 6. The Morgan fingerprint density at radius 2 is 2.00 bits per heavy atom. The Labute approximate surface area is 163 Å². The van der Waals surface area contributed by atoms with Gasteiger partial charge in [0.25, 0.3) is 5.91 Å². The Balaban J connectivity index is 1.69. The molecule has 1 saturated heterocycles. The van der Waals surface area contributed by atoms with Gasteiger partial charge < -0.3 is 19.7 Å². The third-order valence-electron chi connectivity index (χ3n) is 4.33. The van der Waals surface area contributed by atoms with Gasteiger partial charge in [0.2, 0.25) is 5.91 Å². The van der Waals surface area contributed by atoms with E-state index < -0.39 is 0 Å². The molecule has 7 heteroatoms. The largest absolute Gasteiger partial charge is 0.496 e. The van der Waals surface area contributed by atoms with Gasteiger partial charge in [-0.25, -0.2) is 0 Å². The van der Waals surface area contributed by atoms with Crippen molar-refractivity contribution in [2.45, 2.75) is 19.4 Å². The normalized spacial score (nSPS) is 16.3. The second kappa shape index (κ2) is 8.31. The van der Waals surface area contributed by atoms with Crippen molar-refractivity contribution in [3.8, 4) is 11.5 Å². The molecule has 6 nitrogen and oxygen atoms in total. The second-order valence-electron chi connectivity index (χ2n) is 6.15. The quantitative estimate of drug-likeness (QED) is 0.824. The summed E-state index contributed by atoms with van der Waals surface area (Å²) >= 11 is 5.99. The summed E-state index contributed by atoms with van der Waals surface area (Å²) in [5, 5.41) is 3.34. The van der Waals surface area contributed by atoms with Crippen LogP contribution >= 0.6 is 11.6 Å². The summed E-state index contributed by atoms with van der Waals surface area (Å²) < 4.78 is 10.6. The van der Waals surface area contributed by atoms with Crippen LogP contribution in [0.15, 0.2) is 42.5 Å². The Morgan fingerprint density at radius 1 is 1.26 bits per heavy atom. The highest BCUT2D eigenvalue weighted by Gasteiger charge is 2.32. The lowest BCUT2D eigenvalue weighted by atomic mass is 10.1. The average Bonchev–Trinajstić information content (AvgIpc) is 3.02. The summed E-state index contributed by atoms with van der Waals surface area (Å²) in [4.78, 5) is 26.7. The number of carbonyl (C=O) groups excluding carboxylic acids is 2. The van der Waals surface area contributed by atoms with Crippen molar-refractivity contribution in [3.05, 3.63) is 53.1 Å². The maximum Gasteiger partial charge on any atom is 0.255 e. The highest BCUT2D eigenvalue weighted by Crippen LogP contribution is 2.26. The fourth-order valence-electron chi connectivity index (χ4n) is 3.06. The monoisotopic (exact) mass is 388 g/mol. The summed E-state index contributed by atoms with van der Waals surface area (Å²) in [6.07, 6.45) is 0.238. The van der Waals surface area contributed by atoms with E-state index in [9.17, 15) is 9.59 Å². The highest BCUT2D eigenvalue weighted by atomic mass is 35.5. The highest BCUT2D eigenvalue weighted by molar-refractivity contribution is 6.31. The molecule has 1 aliphatic heterocycles. The number of ether oxygens (including phenoxy) is 2. The molecule has 0 aliphatic carbocycles. The van der Waals surface area contributed by atoms with Crippen LogP contribution in [0.3, 0.4) is 0 Å². The van der Waals surface area contributed by atoms with Gasteiger partial charge in [-0.3, -0.25) is 9.59 Å². The van der Waals surface area contributed by atoms with E-state index in [2.05, 4.69) is 5.32 Å². The van der Waals surface area contributed by atoms with Crippen LogP contribution in [0.2, 0.25) is 5.02 Å². The number of carbonyl (C=O) groups is 2. The zero-order valence-electron chi connectivity index (χ0n) is 15.2. The molecule has 1 heterocycles. The number of hydrogen-bond donors (Lipinski definition) is 1. The Kier molecular flexibility index (Phi) is 5.86. The van der Waals surface area contributed by atoms with E-state index in [0.29, 0.717) is 29.5 Å². The Hall–Kier alpha value is -2.73. The molecule has 0 aromatic heterocycles. The topological polar surface area (TPSA) is 67.9 Å². The zero-order chi connectivity index (χ0) is 19.4. The molecule has 3 rings (SSSR count). The van der Waals surface area contributed by atoms with Crippen LogP contribution in [0, 0.1) is 0 Å². The number of nitrogens with zero attached hydrogens (tertiary/aromatic N) is 1. The van der Waals surface area contributed by atoms with E-state index in [0.717, 1.165) is 11.4 Å². The van der Waals surface area contributed by atoms with Crippen LogP contribution < -0.4 is 19.7 Å². The van der Waals surface area contributed by atoms with E-state index >= 15 is 0 Å². The molecule has 2 amide bonds. The predicted molar refractivity (Wildman–Crippen MR) is 104 cm³/mol. The molecule has 1 N–H and O–H groups in total. The SMILES string of the molecule is CCOc1ccc(N2C[C@H](NC(=O)c3cc(Cl)ccc3OC)CC2=O)cc1. The number of halogens is 1. The van der Waals surface area contributed by atoms with Crippen LogP contribution in [0.25, 0.3) is 0 Å². The molecular weight excluding hydrogens is 368 g/mol. The van der Waals surface area contributed by atoms with Crippen molar-refractivity contribution in [1.29, 1.82) is 0 Å². The van der Waals surface area contributed by atoms with Crippen molar-refractivity contribution in [1.82, 2.24) is 5.32 Å². The minimum atomic E-state index is -0.319. The van der Waals surface area contributed by atoms with Crippen molar-refractivity contribution in [3.63, 3.8) is 0 Å². The second-order valence-corrected chi connectivity index (χ2v) is 6.59. The molecule has 0 spiro atoms. The third-order valence-corrected chi connectivity index (χ3v) is 4.56. The number of hydrogen-bond acceptors (Lipinski definition) is 4. The molecule has 1 fully saturated rings. The van der Waals surface area contributed by atoms with E-state index in [4.69, 9.17) is 21.1 Å². The van der Waals surface area contributed by atoms with Crippen LogP contribution in [-0.2, 0) is 4.79 Å². The molecule has 1 atom stereocenters. The van der Waals surface area contributed by atoms with Gasteiger partial charge in [0.15, 0.2) is 0 Å². The molecule has 0 unspecified atom stereocenters. The van der Waals surface area contributed by atoms with Gasteiger partial charge >= 0.3 is 0 Å². The fourth-order valence-corrected chi connectivity index (χ4v) is 3.24. The van der Waals surface area contributed by atoms with Gasteiger partial charge in [0.1, 0.15) is 11.5 Å². The smallest absolute Gasteiger partial charge is 0.255 e. The van der Waals surface area contributed by atoms with Gasteiger partial charge in [0, 0.05) is 23.7 Å². The molecule has 27 heavy (non-hydrogen) atoms. The lowest BCUT2D eigenvalue weighted by Crippen LogP contribution is -2.37. The first-order chi connectivity index (χ1) is 13.0. The van der Waals surface area contributed by atoms with E-state index in [-0.39, 0.29) is 24.3 Å². The minimum Gasteiger partial charge on any atom is -0.496 e. The van der Waals surface area contributed by atoms with Crippen LogP contribution in [0.1, 0.15) is 23.7 Å². The van der Waals surface area contributed by atoms with Gasteiger partial charge in [-0.05, 0) is 49.4 Å². The Morgan fingerprint density at radius 3 is 2.67 bits per heavy atom. The molecule has 2 aromatic rings. The summed E-state index contributed by atoms with van der Waals surface area (Å²) in [7, 11) is 1.49. The van der Waals surface area contributed by atoms with Crippen LogP contribution in [0.5, 0.6) is 11.5 Å². The number of anilines is 1. The first-order valence-corrected chi connectivity index (χ1v) is 9.07. The summed E-state index contributed by atoms with van der Waals surface area (Å²) in [5.41, 5.74) is 1.12. The van der Waals surface area contributed by atoms with Crippen LogP contribution in [0.4, 0.5) is 5.69 Å². The third kappa shape index (κ3) is 4.34. The van der Waals surface area contributed by atoms with Crippen LogP contribution in [-0.4, -0.2) is 38.1 Å². The van der Waals surface area contributed by atoms with Crippen molar-refractivity contribution < 1.29 is 19.1 Å². The molecular formula is C20H21ClN2O4. The summed E-state index contributed by atoms with van der Waals surface area (Å²) in [6, 6.07) is 11.9. The van der Waals surface area contributed by atoms with Gasteiger partial charge in [-0.1, -0.05) is 11.6 Å². The molecule has 2 aromatic carbocycles. The lowest BCUT2D eigenvalue weighted by Gasteiger charge is -2.18. The minimum absolute atomic E-state index is 0.0393. The Bertz CT molecular complexity index is 838.